The Balaban J connectivity index is 1.69. The average Bonchev–Trinajstić information content (AvgIpc) is 3.08. The van der Waals surface area contributed by atoms with Gasteiger partial charge >= 0.3 is 0 Å². The highest BCUT2D eigenvalue weighted by Crippen LogP contribution is 2.20. The topological polar surface area (TPSA) is 71.3 Å². The van der Waals surface area contributed by atoms with Crippen LogP contribution in [0.5, 0.6) is 0 Å². The van der Waals surface area contributed by atoms with E-state index >= 15 is 0 Å². The molecule has 27 heavy (non-hydrogen) atoms. The Bertz CT molecular complexity index is 953. The molecule has 0 spiro atoms. The van der Waals surface area contributed by atoms with Crippen molar-refractivity contribution in [2.45, 2.75) is 13.8 Å². The molecule has 0 bridgehead atoms. The van der Waals surface area contributed by atoms with Gasteiger partial charge in [-0.25, -0.2) is 0 Å². The van der Waals surface area contributed by atoms with Gasteiger partial charge < -0.3 is 15.1 Å². The number of furan rings is 1. The van der Waals surface area contributed by atoms with Crippen LogP contribution in [-0.4, -0.2) is 18.4 Å². The summed E-state index contributed by atoms with van der Waals surface area (Å²) in [6, 6.07) is 16.5. The molecule has 5 nitrogen and oxygen atoms in total. The van der Waals surface area contributed by atoms with Crippen LogP contribution in [0.25, 0.3) is 17.0 Å². The first kappa shape index (κ1) is 18.5. The highest BCUT2D eigenvalue weighted by atomic mass is 16.3. The molecule has 0 aliphatic carbocycles. The largest absolute Gasteiger partial charge is 0.457 e. The van der Waals surface area contributed by atoms with E-state index in [1.54, 1.807) is 30.3 Å². The van der Waals surface area contributed by atoms with E-state index in [0.717, 1.165) is 11.0 Å². The molecule has 0 aliphatic heterocycles. The van der Waals surface area contributed by atoms with E-state index in [1.807, 2.05) is 44.2 Å². The summed E-state index contributed by atoms with van der Waals surface area (Å²) in [5.74, 6) is 0.400. The fourth-order valence-corrected chi connectivity index (χ4v) is 2.60. The Morgan fingerprint density at radius 1 is 1.07 bits per heavy atom. The Hall–Kier alpha value is -3.34. The summed E-state index contributed by atoms with van der Waals surface area (Å²) in [6.45, 7) is 4.63. The minimum absolute atomic E-state index is 0.208. The number of anilines is 1. The Labute approximate surface area is 158 Å². The molecule has 138 valence electrons. The Morgan fingerprint density at radius 2 is 1.81 bits per heavy atom. The van der Waals surface area contributed by atoms with Gasteiger partial charge in [0.1, 0.15) is 11.3 Å². The quantitative estimate of drug-likeness (QED) is 0.636. The number of para-hydroxylation sites is 2. The molecule has 2 N–H and O–H groups in total. The predicted molar refractivity (Wildman–Crippen MR) is 107 cm³/mol. The molecule has 2 aromatic carbocycles. The van der Waals surface area contributed by atoms with Crippen molar-refractivity contribution in [2.24, 2.45) is 5.92 Å². The van der Waals surface area contributed by atoms with Crippen LogP contribution in [0.15, 0.2) is 65.1 Å². The van der Waals surface area contributed by atoms with Crippen molar-refractivity contribution in [1.29, 1.82) is 0 Å². The molecule has 0 aliphatic rings. The molecule has 2 amide bonds. The zero-order chi connectivity index (χ0) is 19.2. The summed E-state index contributed by atoms with van der Waals surface area (Å²) in [4.78, 5) is 24.6. The van der Waals surface area contributed by atoms with Crippen molar-refractivity contribution in [3.05, 3.63) is 72.0 Å². The highest BCUT2D eigenvalue weighted by molar-refractivity contribution is 6.07. The van der Waals surface area contributed by atoms with Crippen molar-refractivity contribution >= 4 is 34.5 Å². The standard InChI is InChI=1S/C22H22N2O3/c1-15(2)14-23-22(26)18-8-4-5-9-19(18)24-21(25)12-11-17-13-16-7-3-6-10-20(16)27-17/h3-13,15H,14H2,1-2H3,(H,23,26)(H,24,25)/b12-11+. The summed E-state index contributed by atoms with van der Waals surface area (Å²) < 4.78 is 5.65. The highest BCUT2D eigenvalue weighted by Gasteiger charge is 2.12. The second-order valence-corrected chi connectivity index (χ2v) is 6.66. The Morgan fingerprint density at radius 3 is 2.59 bits per heavy atom. The maximum absolute atomic E-state index is 12.3. The van der Waals surface area contributed by atoms with Crippen LogP contribution in [-0.2, 0) is 4.79 Å². The van der Waals surface area contributed by atoms with Gasteiger partial charge in [-0.15, -0.1) is 0 Å². The summed E-state index contributed by atoms with van der Waals surface area (Å²) in [5, 5.41) is 6.59. The van der Waals surface area contributed by atoms with Gasteiger partial charge in [-0.3, -0.25) is 9.59 Å². The number of rotatable bonds is 6. The fraction of sp³-hybridized carbons (Fsp3) is 0.182. The zero-order valence-corrected chi connectivity index (χ0v) is 15.4. The molecule has 0 saturated carbocycles. The van der Waals surface area contributed by atoms with E-state index in [1.165, 1.54) is 6.08 Å². The molecule has 1 heterocycles. The smallest absolute Gasteiger partial charge is 0.253 e. The molecule has 3 aromatic rings. The van der Waals surface area contributed by atoms with Crippen molar-refractivity contribution in [1.82, 2.24) is 5.32 Å². The second kappa shape index (κ2) is 8.36. The molecule has 1 aromatic heterocycles. The van der Waals surface area contributed by atoms with Crippen LogP contribution in [0.1, 0.15) is 30.0 Å². The number of amides is 2. The van der Waals surface area contributed by atoms with Gasteiger partial charge in [0.05, 0.1) is 11.3 Å². The molecule has 0 radical (unpaired) electrons. The Kier molecular flexibility index (Phi) is 5.71. The van der Waals surface area contributed by atoms with E-state index in [4.69, 9.17) is 4.42 Å². The summed E-state index contributed by atoms with van der Waals surface area (Å²) in [7, 11) is 0. The number of carbonyl (C=O) groups excluding carboxylic acids is 2. The lowest BCUT2D eigenvalue weighted by Gasteiger charge is -2.11. The van der Waals surface area contributed by atoms with Crippen LogP contribution in [0.2, 0.25) is 0 Å². The van der Waals surface area contributed by atoms with Gasteiger partial charge in [0.25, 0.3) is 5.91 Å². The first-order chi connectivity index (χ1) is 13.0. The minimum Gasteiger partial charge on any atom is -0.457 e. The molecular weight excluding hydrogens is 340 g/mol. The van der Waals surface area contributed by atoms with Gasteiger partial charge in [-0.05, 0) is 36.3 Å². The van der Waals surface area contributed by atoms with Crippen molar-refractivity contribution in [2.75, 3.05) is 11.9 Å². The molecule has 5 heteroatoms. The van der Waals surface area contributed by atoms with E-state index in [-0.39, 0.29) is 11.8 Å². The van der Waals surface area contributed by atoms with Crippen molar-refractivity contribution < 1.29 is 14.0 Å². The van der Waals surface area contributed by atoms with Gasteiger partial charge in [-0.2, -0.15) is 0 Å². The molecule has 0 atom stereocenters. The van der Waals surface area contributed by atoms with E-state index in [2.05, 4.69) is 10.6 Å². The minimum atomic E-state index is -0.334. The molecule has 0 fully saturated rings. The number of carbonyl (C=O) groups is 2. The predicted octanol–water partition coefficient (Wildman–Crippen LogP) is 4.47. The monoisotopic (exact) mass is 362 g/mol. The maximum atomic E-state index is 12.3. The number of nitrogens with one attached hydrogen (secondary N) is 2. The molecule has 3 rings (SSSR count). The number of benzene rings is 2. The number of fused-ring (bicyclic) bond motifs is 1. The van der Waals surface area contributed by atoms with Crippen LogP contribution in [0.3, 0.4) is 0 Å². The van der Waals surface area contributed by atoms with Crippen molar-refractivity contribution in [3.63, 3.8) is 0 Å². The first-order valence-electron chi connectivity index (χ1n) is 8.88. The van der Waals surface area contributed by atoms with Crippen LogP contribution in [0.4, 0.5) is 5.69 Å². The lowest BCUT2D eigenvalue weighted by Crippen LogP contribution is -2.28. The average molecular weight is 362 g/mol. The normalized spacial score (nSPS) is 11.2. The second-order valence-electron chi connectivity index (χ2n) is 6.66. The van der Waals surface area contributed by atoms with Crippen molar-refractivity contribution in [3.8, 4) is 0 Å². The van der Waals surface area contributed by atoms with E-state index in [9.17, 15) is 9.59 Å². The summed E-state index contributed by atoms with van der Waals surface area (Å²) in [5.41, 5.74) is 1.67. The molecule has 0 unspecified atom stereocenters. The van der Waals surface area contributed by atoms with E-state index < -0.39 is 0 Å². The zero-order valence-electron chi connectivity index (χ0n) is 15.4. The van der Waals surface area contributed by atoms with Crippen LogP contribution >= 0.6 is 0 Å². The van der Waals surface area contributed by atoms with E-state index in [0.29, 0.717) is 29.5 Å². The lowest BCUT2D eigenvalue weighted by atomic mass is 10.1. The van der Waals surface area contributed by atoms with Gasteiger partial charge in [0.2, 0.25) is 5.91 Å². The number of hydrogen-bond acceptors (Lipinski definition) is 3. The van der Waals surface area contributed by atoms with Gasteiger partial charge in [-0.1, -0.05) is 44.2 Å². The fourth-order valence-electron chi connectivity index (χ4n) is 2.60. The first-order valence-corrected chi connectivity index (χ1v) is 8.88. The third kappa shape index (κ3) is 4.85. The third-order valence-electron chi connectivity index (χ3n) is 3.94. The SMILES string of the molecule is CC(C)CNC(=O)c1ccccc1NC(=O)/C=C/c1cc2ccccc2o1. The summed E-state index contributed by atoms with van der Waals surface area (Å²) >= 11 is 0. The number of hydrogen-bond donors (Lipinski definition) is 2. The molecule has 0 saturated heterocycles. The van der Waals surface area contributed by atoms with Crippen LogP contribution in [0, 0.1) is 5.92 Å². The maximum Gasteiger partial charge on any atom is 0.253 e. The van der Waals surface area contributed by atoms with Gasteiger partial charge in [0.15, 0.2) is 0 Å². The van der Waals surface area contributed by atoms with Crippen LogP contribution < -0.4 is 10.6 Å². The molecular formula is C22H22N2O3. The lowest BCUT2D eigenvalue weighted by molar-refractivity contribution is -0.111. The summed E-state index contributed by atoms with van der Waals surface area (Å²) in [6.07, 6.45) is 3.00. The van der Waals surface area contributed by atoms with Gasteiger partial charge in [0, 0.05) is 18.0 Å². The third-order valence-corrected chi connectivity index (χ3v) is 3.94.